The van der Waals surface area contributed by atoms with Crippen molar-refractivity contribution in [1.29, 1.82) is 0 Å². The van der Waals surface area contributed by atoms with Crippen LogP contribution in [-0.4, -0.2) is 6.54 Å². The Morgan fingerprint density at radius 2 is 1.85 bits per heavy atom. The first-order valence-electron chi connectivity index (χ1n) is 7.38. The van der Waals surface area contributed by atoms with E-state index in [-0.39, 0.29) is 0 Å². The second-order valence-electron chi connectivity index (χ2n) is 5.02. The number of rotatable bonds is 6. The molecule has 0 atom stereocenters. The molecule has 0 radical (unpaired) electrons. The summed E-state index contributed by atoms with van der Waals surface area (Å²) in [5.74, 6) is 0. The summed E-state index contributed by atoms with van der Waals surface area (Å²) in [5, 5.41) is 0. The van der Waals surface area contributed by atoms with Gasteiger partial charge in [0.05, 0.1) is 0 Å². The van der Waals surface area contributed by atoms with Gasteiger partial charge in [-0.1, -0.05) is 67.6 Å². The summed E-state index contributed by atoms with van der Waals surface area (Å²) in [6.45, 7) is 2.95. The number of hydrogen-bond donors (Lipinski definition) is 1. The lowest BCUT2D eigenvalue weighted by molar-refractivity contribution is 0.832. The quantitative estimate of drug-likeness (QED) is 0.774. The fraction of sp³-hybridized carbons (Fsp3) is 0.263. The minimum atomic E-state index is 0.754. The van der Waals surface area contributed by atoms with E-state index in [2.05, 4.69) is 67.6 Å². The normalized spacial score (nSPS) is 11.1. The van der Waals surface area contributed by atoms with Crippen molar-refractivity contribution in [3.8, 4) is 0 Å². The highest BCUT2D eigenvalue weighted by Crippen LogP contribution is 2.15. The molecule has 2 aromatic carbocycles. The summed E-state index contributed by atoms with van der Waals surface area (Å²) in [6.07, 6.45) is 7.58. The molecule has 1 heteroatoms. The van der Waals surface area contributed by atoms with E-state index < -0.39 is 0 Å². The van der Waals surface area contributed by atoms with Gasteiger partial charge in [-0.2, -0.15) is 0 Å². The largest absolute Gasteiger partial charge is 0.330 e. The Kier molecular flexibility index (Phi) is 5.57. The molecule has 2 aromatic rings. The Morgan fingerprint density at radius 1 is 1.00 bits per heavy atom. The Bertz CT molecular complexity index is 569. The number of hydrogen-bond acceptors (Lipinski definition) is 1. The van der Waals surface area contributed by atoms with Gasteiger partial charge in [-0.3, -0.25) is 0 Å². The zero-order valence-electron chi connectivity index (χ0n) is 12.2. The molecule has 0 bridgehead atoms. The Hall–Kier alpha value is -1.86. The van der Waals surface area contributed by atoms with Crippen LogP contribution < -0.4 is 5.73 Å². The molecular formula is C19H23N. The third-order valence-electron chi connectivity index (χ3n) is 3.51. The smallest absolute Gasteiger partial charge is 0.00741 e. The molecule has 0 spiro atoms. The van der Waals surface area contributed by atoms with Crippen molar-refractivity contribution >= 4 is 12.2 Å². The molecule has 0 fully saturated rings. The van der Waals surface area contributed by atoms with Crippen LogP contribution in [0.2, 0.25) is 0 Å². The van der Waals surface area contributed by atoms with Crippen LogP contribution in [0.15, 0.2) is 48.5 Å². The highest BCUT2D eigenvalue weighted by molar-refractivity contribution is 5.71. The summed E-state index contributed by atoms with van der Waals surface area (Å²) in [5.41, 5.74) is 10.9. The van der Waals surface area contributed by atoms with Crippen LogP contribution in [0, 0.1) is 0 Å². The summed E-state index contributed by atoms with van der Waals surface area (Å²) in [6, 6.07) is 17.3. The van der Waals surface area contributed by atoms with Gasteiger partial charge in [0.1, 0.15) is 0 Å². The molecule has 0 saturated heterocycles. The third kappa shape index (κ3) is 4.07. The molecule has 0 aliphatic heterocycles. The molecule has 104 valence electrons. The van der Waals surface area contributed by atoms with Gasteiger partial charge in [0.2, 0.25) is 0 Å². The van der Waals surface area contributed by atoms with E-state index in [1.807, 2.05) is 0 Å². The van der Waals surface area contributed by atoms with Crippen molar-refractivity contribution in [3.05, 3.63) is 70.8 Å². The molecule has 0 amide bonds. The van der Waals surface area contributed by atoms with E-state index in [0.717, 1.165) is 25.8 Å². The van der Waals surface area contributed by atoms with E-state index in [1.165, 1.54) is 22.3 Å². The van der Waals surface area contributed by atoms with E-state index in [4.69, 9.17) is 5.73 Å². The fourth-order valence-corrected chi connectivity index (χ4v) is 2.36. The summed E-state index contributed by atoms with van der Waals surface area (Å²) >= 11 is 0. The number of aryl methyl sites for hydroxylation is 2. The molecule has 0 aliphatic rings. The van der Waals surface area contributed by atoms with Crippen LogP contribution in [-0.2, 0) is 12.8 Å². The predicted octanol–water partition coefficient (Wildman–Crippen LogP) is 4.31. The van der Waals surface area contributed by atoms with Crippen molar-refractivity contribution in [1.82, 2.24) is 0 Å². The van der Waals surface area contributed by atoms with Crippen LogP contribution in [0.25, 0.3) is 12.2 Å². The first kappa shape index (κ1) is 14.5. The minimum Gasteiger partial charge on any atom is -0.330 e. The third-order valence-corrected chi connectivity index (χ3v) is 3.51. The van der Waals surface area contributed by atoms with E-state index >= 15 is 0 Å². The van der Waals surface area contributed by atoms with Gasteiger partial charge in [0, 0.05) is 0 Å². The van der Waals surface area contributed by atoms with Gasteiger partial charge in [-0.25, -0.2) is 0 Å². The van der Waals surface area contributed by atoms with Gasteiger partial charge < -0.3 is 5.73 Å². The second-order valence-corrected chi connectivity index (χ2v) is 5.02. The molecule has 0 heterocycles. The first-order valence-corrected chi connectivity index (χ1v) is 7.38. The maximum atomic E-state index is 5.57. The maximum Gasteiger partial charge on any atom is -0.00741 e. The van der Waals surface area contributed by atoms with E-state index in [0.29, 0.717) is 0 Å². The number of benzene rings is 2. The molecule has 0 unspecified atom stereocenters. The molecule has 2 N–H and O–H groups in total. The zero-order chi connectivity index (χ0) is 14.2. The average molecular weight is 265 g/mol. The average Bonchev–Trinajstić information content (AvgIpc) is 2.51. The van der Waals surface area contributed by atoms with Crippen molar-refractivity contribution in [2.45, 2.75) is 26.2 Å². The second kappa shape index (κ2) is 7.66. The van der Waals surface area contributed by atoms with Crippen LogP contribution in [0.4, 0.5) is 0 Å². The molecule has 1 nitrogen and oxygen atoms in total. The molecule has 0 saturated carbocycles. The van der Waals surface area contributed by atoms with Crippen molar-refractivity contribution < 1.29 is 0 Å². The van der Waals surface area contributed by atoms with Gasteiger partial charge in [-0.05, 0) is 48.1 Å². The highest BCUT2D eigenvalue weighted by atomic mass is 14.5. The van der Waals surface area contributed by atoms with Gasteiger partial charge >= 0.3 is 0 Å². The van der Waals surface area contributed by atoms with Gasteiger partial charge in [0.15, 0.2) is 0 Å². The zero-order valence-corrected chi connectivity index (χ0v) is 12.2. The SMILES string of the molecule is CCc1ccccc1/C=C\c1cccc(CCCN)c1. The molecular weight excluding hydrogens is 242 g/mol. The van der Waals surface area contributed by atoms with Crippen LogP contribution >= 0.6 is 0 Å². The van der Waals surface area contributed by atoms with E-state index in [1.54, 1.807) is 0 Å². The summed E-state index contributed by atoms with van der Waals surface area (Å²) in [7, 11) is 0. The number of nitrogens with two attached hydrogens (primary N) is 1. The predicted molar refractivity (Wildman–Crippen MR) is 88.6 cm³/mol. The van der Waals surface area contributed by atoms with Crippen molar-refractivity contribution in [2.75, 3.05) is 6.54 Å². The summed E-state index contributed by atoms with van der Waals surface area (Å²) in [4.78, 5) is 0. The van der Waals surface area contributed by atoms with Crippen molar-refractivity contribution in [2.24, 2.45) is 5.73 Å². The van der Waals surface area contributed by atoms with Crippen LogP contribution in [0.1, 0.15) is 35.6 Å². The van der Waals surface area contributed by atoms with Crippen LogP contribution in [0.5, 0.6) is 0 Å². The highest BCUT2D eigenvalue weighted by Gasteiger charge is 1.96. The monoisotopic (exact) mass is 265 g/mol. The fourth-order valence-electron chi connectivity index (χ4n) is 2.36. The maximum absolute atomic E-state index is 5.57. The molecule has 0 aromatic heterocycles. The lowest BCUT2D eigenvalue weighted by atomic mass is 10.0. The molecule has 20 heavy (non-hydrogen) atoms. The van der Waals surface area contributed by atoms with Gasteiger partial charge in [0.25, 0.3) is 0 Å². The van der Waals surface area contributed by atoms with E-state index in [9.17, 15) is 0 Å². The lowest BCUT2D eigenvalue weighted by Crippen LogP contribution is -2.00. The topological polar surface area (TPSA) is 26.0 Å². The minimum absolute atomic E-state index is 0.754. The van der Waals surface area contributed by atoms with Gasteiger partial charge in [-0.15, -0.1) is 0 Å². The molecule has 2 rings (SSSR count). The standard InChI is InChI=1S/C19H23N/c1-2-18-10-3-4-11-19(18)13-12-17-8-5-7-16(15-17)9-6-14-20/h3-5,7-8,10-13,15H,2,6,9,14,20H2,1H3/b13-12-. The van der Waals surface area contributed by atoms with Crippen molar-refractivity contribution in [3.63, 3.8) is 0 Å². The summed E-state index contributed by atoms with van der Waals surface area (Å²) < 4.78 is 0. The Balaban J connectivity index is 2.14. The Morgan fingerprint density at radius 3 is 2.65 bits per heavy atom. The lowest BCUT2D eigenvalue weighted by Gasteiger charge is -2.03. The molecule has 0 aliphatic carbocycles. The Labute approximate surface area is 122 Å². The first-order chi connectivity index (χ1) is 9.83. The van der Waals surface area contributed by atoms with Crippen LogP contribution in [0.3, 0.4) is 0 Å².